The molecule has 6 heteroatoms. The molecule has 122 valence electrons. The van der Waals surface area contributed by atoms with Crippen molar-refractivity contribution in [3.63, 3.8) is 0 Å². The third-order valence-corrected chi connectivity index (χ3v) is 5.50. The standard InChI is InChI=1S/C17H18N2O2S.ClH/c1-11-9-18-6-7-19(11)17(20)15-8-12-10-21-14-5-3-2-4-13(14)16(12)22-15;/h2-5,8,11,18H,6-7,9-10H2,1H3;1H/t11-;/m0./s1. The Morgan fingerprint density at radius 2 is 2.22 bits per heavy atom. The summed E-state index contributed by atoms with van der Waals surface area (Å²) in [4.78, 5) is 16.8. The number of rotatable bonds is 1. The monoisotopic (exact) mass is 350 g/mol. The van der Waals surface area contributed by atoms with E-state index in [2.05, 4.69) is 18.3 Å². The number of thiophene rings is 1. The second-order valence-electron chi connectivity index (χ2n) is 5.80. The molecule has 4 nitrogen and oxygen atoms in total. The van der Waals surface area contributed by atoms with Crippen molar-refractivity contribution in [3.05, 3.63) is 40.8 Å². The lowest BCUT2D eigenvalue weighted by molar-refractivity contribution is 0.0660. The van der Waals surface area contributed by atoms with Crippen LogP contribution in [0, 0.1) is 0 Å². The van der Waals surface area contributed by atoms with Crippen LogP contribution in [0.3, 0.4) is 0 Å². The molecule has 3 heterocycles. The number of amides is 1. The van der Waals surface area contributed by atoms with Gasteiger partial charge in [-0.1, -0.05) is 12.1 Å². The van der Waals surface area contributed by atoms with Gasteiger partial charge < -0.3 is 15.0 Å². The average Bonchev–Trinajstić information content (AvgIpc) is 2.99. The van der Waals surface area contributed by atoms with Gasteiger partial charge in [-0.15, -0.1) is 23.7 Å². The Balaban J connectivity index is 0.00000156. The maximum absolute atomic E-state index is 12.8. The van der Waals surface area contributed by atoms with Crippen LogP contribution in [0.5, 0.6) is 5.75 Å². The van der Waals surface area contributed by atoms with Crippen molar-refractivity contribution >= 4 is 29.7 Å². The van der Waals surface area contributed by atoms with Crippen molar-refractivity contribution in [1.29, 1.82) is 0 Å². The number of nitrogens with one attached hydrogen (secondary N) is 1. The van der Waals surface area contributed by atoms with E-state index in [1.807, 2.05) is 29.2 Å². The highest BCUT2D eigenvalue weighted by Gasteiger charge is 2.28. The summed E-state index contributed by atoms with van der Waals surface area (Å²) >= 11 is 1.59. The number of benzene rings is 1. The SMILES string of the molecule is C[C@H]1CNCCN1C(=O)c1cc2c(s1)-c1ccccc1OC2.Cl. The number of para-hydroxylation sites is 1. The van der Waals surface area contributed by atoms with Crippen molar-refractivity contribution in [1.82, 2.24) is 10.2 Å². The lowest BCUT2D eigenvalue weighted by Gasteiger charge is -2.33. The Hall–Kier alpha value is -1.56. The second-order valence-corrected chi connectivity index (χ2v) is 6.85. The van der Waals surface area contributed by atoms with Gasteiger partial charge in [-0.05, 0) is 25.1 Å². The molecule has 23 heavy (non-hydrogen) atoms. The van der Waals surface area contributed by atoms with Gasteiger partial charge in [0.05, 0.1) is 4.88 Å². The fraction of sp³-hybridized carbons (Fsp3) is 0.353. The molecule has 1 aromatic carbocycles. The fourth-order valence-electron chi connectivity index (χ4n) is 3.09. The summed E-state index contributed by atoms with van der Waals surface area (Å²) in [6.45, 7) is 5.15. The number of carbonyl (C=O) groups is 1. The maximum atomic E-state index is 12.8. The summed E-state index contributed by atoms with van der Waals surface area (Å²) in [5, 5.41) is 3.32. The minimum absolute atomic E-state index is 0. The minimum atomic E-state index is 0. The van der Waals surface area contributed by atoms with Crippen LogP contribution in [-0.4, -0.2) is 36.5 Å². The normalized spacial score (nSPS) is 19.2. The topological polar surface area (TPSA) is 41.6 Å². The molecule has 4 rings (SSSR count). The molecule has 0 unspecified atom stereocenters. The molecule has 2 aliphatic rings. The third-order valence-electron chi connectivity index (χ3n) is 4.30. The van der Waals surface area contributed by atoms with Gasteiger partial charge in [0.25, 0.3) is 5.91 Å². The largest absolute Gasteiger partial charge is 0.488 e. The zero-order chi connectivity index (χ0) is 15.1. The van der Waals surface area contributed by atoms with Gasteiger partial charge in [0, 0.05) is 41.7 Å². The van der Waals surface area contributed by atoms with E-state index >= 15 is 0 Å². The van der Waals surface area contributed by atoms with Crippen LogP contribution < -0.4 is 10.1 Å². The molecule has 0 aliphatic carbocycles. The van der Waals surface area contributed by atoms with Crippen molar-refractivity contribution in [2.75, 3.05) is 19.6 Å². The lowest BCUT2D eigenvalue weighted by Crippen LogP contribution is -2.52. The smallest absolute Gasteiger partial charge is 0.264 e. The number of nitrogens with zero attached hydrogens (tertiary/aromatic N) is 1. The molecular formula is C17H19ClN2O2S. The molecule has 0 radical (unpaired) electrons. The number of piperazine rings is 1. The van der Waals surface area contributed by atoms with E-state index < -0.39 is 0 Å². The highest BCUT2D eigenvalue weighted by Crippen LogP contribution is 2.42. The van der Waals surface area contributed by atoms with Crippen molar-refractivity contribution < 1.29 is 9.53 Å². The van der Waals surface area contributed by atoms with Crippen molar-refractivity contribution in [2.45, 2.75) is 19.6 Å². The minimum Gasteiger partial charge on any atom is -0.488 e. The first-order chi connectivity index (χ1) is 10.7. The van der Waals surface area contributed by atoms with Gasteiger partial charge in [-0.25, -0.2) is 0 Å². The number of ether oxygens (including phenoxy) is 1. The number of hydrogen-bond donors (Lipinski definition) is 1. The van der Waals surface area contributed by atoms with Crippen LogP contribution in [0.25, 0.3) is 10.4 Å². The summed E-state index contributed by atoms with van der Waals surface area (Å²) in [5.41, 5.74) is 2.22. The Labute approximate surface area is 145 Å². The van der Waals surface area contributed by atoms with Gasteiger partial charge in [-0.2, -0.15) is 0 Å². The zero-order valence-corrected chi connectivity index (χ0v) is 14.5. The van der Waals surface area contributed by atoms with Crippen LogP contribution in [0.1, 0.15) is 22.2 Å². The van der Waals surface area contributed by atoms with Crippen LogP contribution in [-0.2, 0) is 6.61 Å². The van der Waals surface area contributed by atoms with E-state index in [0.717, 1.165) is 41.4 Å². The first-order valence-corrected chi connectivity index (χ1v) is 8.42. The van der Waals surface area contributed by atoms with Gasteiger partial charge in [0.2, 0.25) is 0 Å². The molecule has 1 N–H and O–H groups in total. The molecular weight excluding hydrogens is 332 g/mol. The summed E-state index contributed by atoms with van der Waals surface area (Å²) in [5.74, 6) is 1.05. The number of halogens is 1. The van der Waals surface area contributed by atoms with E-state index in [4.69, 9.17) is 4.74 Å². The van der Waals surface area contributed by atoms with E-state index in [0.29, 0.717) is 6.61 Å². The number of fused-ring (bicyclic) bond motifs is 3. The van der Waals surface area contributed by atoms with E-state index in [9.17, 15) is 4.79 Å². The van der Waals surface area contributed by atoms with Gasteiger partial charge >= 0.3 is 0 Å². The highest BCUT2D eigenvalue weighted by atomic mass is 35.5. The van der Waals surface area contributed by atoms with E-state index in [1.165, 1.54) is 4.88 Å². The third kappa shape index (κ3) is 2.84. The molecule has 1 saturated heterocycles. The fourth-order valence-corrected chi connectivity index (χ4v) is 4.24. The van der Waals surface area contributed by atoms with Crippen LogP contribution >= 0.6 is 23.7 Å². The predicted molar refractivity (Wildman–Crippen MR) is 94.7 cm³/mol. The molecule has 2 aromatic rings. The molecule has 1 atom stereocenters. The van der Waals surface area contributed by atoms with Gasteiger partial charge in [-0.3, -0.25) is 4.79 Å². The molecule has 1 amide bonds. The van der Waals surface area contributed by atoms with Gasteiger partial charge in [0.1, 0.15) is 12.4 Å². The van der Waals surface area contributed by atoms with E-state index in [1.54, 1.807) is 11.3 Å². The molecule has 0 saturated carbocycles. The first-order valence-electron chi connectivity index (χ1n) is 7.60. The van der Waals surface area contributed by atoms with Crippen LogP contribution in [0.2, 0.25) is 0 Å². The Kier molecular flexibility index (Phi) is 4.62. The number of carbonyl (C=O) groups excluding carboxylic acids is 1. The molecule has 2 aliphatic heterocycles. The summed E-state index contributed by atoms with van der Waals surface area (Å²) in [6.07, 6.45) is 0. The zero-order valence-electron chi connectivity index (χ0n) is 12.9. The van der Waals surface area contributed by atoms with Crippen LogP contribution in [0.15, 0.2) is 30.3 Å². The Morgan fingerprint density at radius 3 is 3.04 bits per heavy atom. The molecule has 1 aromatic heterocycles. The molecule has 1 fully saturated rings. The first kappa shape index (κ1) is 16.3. The summed E-state index contributed by atoms with van der Waals surface area (Å²) in [6, 6.07) is 10.3. The van der Waals surface area contributed by atoms with Crippen molar-refractivity contribution in [2.24, 2.45) is 0 Å². The highest BCUT2D eigenvalue weighted by molar-refractivity contribution is 7.17. The van der Waals surface area contributed by atoms with E-state index in [-0.39, 0.29) is 24.4 Å². The second kappa shape index (κ2) is 6.51. The van der Waals surface area contributed by atoms with Crippen molar-refractivity contribution in [3.8, 4) is 16.2 Å². The molecule has 0 bridgehead atoms. The van der Waals surface area contributed by atoms with Crippen LogP contribution in [0.4, 0.5) is 0 Å². The summed E-state index contributed by atoms with van der Waals surface area (Å²) < 4.78 is 5.78. The lowest BCUT2D eigenvalue weighted by atomic mass is 10.1. The number of hydrogen-bond acceptors (Lipinski definition) is 4. The predicted octanol–water partition coefficient (Wildman–Crippen LogP) is 3.16. The average molecular weight is 351 g/mol. The quantitative estimate of drug-likeness (QED) is 0.859. The molecule has 0 spiro atoms. The Bertz CT molecular complexity index is 731. The summed E-state index contributed by atoms with van der Waals surface area (Å²) in [7, 11) is 0. The Morgan fingerprint density at radius 1 is 1.39 bits per heavy atom. The van der Waals surface area contributed by atoms with Gasteiger partial charge in [0.15, 0.2) is 0 Å². The maximum Gasteiger partial charge on any atom is 0.264 e.